The first-order valence-corrected chi connectivity index (χ1v) is 12.4. The number of pyridine rings is 1. The zero-order chi connectivity index (χ0) is 24.9. The molecule has 1 amide bonds. The fourth-order valence-corrected chi connectivity index (χ4v) is 4.73. The monoisotopic (exact) mass is 482 g/mol. The highest BCUT2D eigenvalue weighted by molar-refractivity contribution is 5.95. The third-order valence-corrected chi connectivity index (χ3v) is 6.78. The van der Waals surface area contributed by atoms with Crippen molar-refractivity contribution in [3.8, 4) is 17.3 Å². The Labute approximate surface area is 211 Å². The van der Waals surface area contributed by atoms with E-state index in [1.807, 2.05) is 24.3 Å². The first kappa shape index (κ1) is 23.7. The number of benzene rings is 1. The van der Waals surface area contributed by atoms with Crippen LogP contribution < -0.4 is 15.5 Å². The van der Waals surface area contributed by atoms with Gasteiger partial charge in [-0.1, -0.05) is 6.07 Å². The molecule has 3 aromatic rings. The number of nitrogens with zero attached hydrogens (tertiary/aromatic N) is 6. The van der Waals surface area contributed by atoms with Crippen LogP contribution in [0.2, 0.25) is 0 Å². The van der Waals surface area contributed by atoms with Crippen molar-refractivity contribution < 1.29 is 4.79 Å². The van der Waals surface area contributed by atoms with E-state index >= 15 is 0 Å². The maximum atomic E-state index is 12.8. The van der Waals surface area contributed by atoms with E-state index in [1.165, 1.54) is 0 Å². The van der Waals surface area contributed by atoms with Crippen LogP contribution in [0.5, 0.6) is 0 Å². The lowest BCUT2D eigenvalue weighted by atomic mass is 10.0. The van der Waals surface area contributed by atoms with E-state index in [9.17, 15) is 10.1 Å². The molecule has 5 rings (SSSR count). The van der Waals surface area contributed by atoms with E-state index in [4.69, 9.17) is 0 Å². The molecule has 4 heterocycles. The van der Waals surface area contributed by atoms with Crippen molar-refractivity contribution in [1.82, 2.24) is 25.2 Å². The van der Waals surface area contributed by atoms with Crippen LogP contribution in [0.3, 0.4) is 0 Å². The van der Waals surface area contributed by atoms with Gasteiger partial charge in [-0.2, -0.15) is 5.26 Å². The van der Waals surface area contributed by atoms with Gasteiger partial charge in [0.15, 0.2) is 0 Å². The van der Waals surface area contributed by atoms with Gasteiger partial charge in [-0.05, 0) is 76.2 Å². The number of likely N-dealkylation sites (tertiary alicyclic amines) is 1. The van der Waals surface area contributed by atoms with Gasteiger partial charge in [0.2, 0.25) is 5.95 Å². The predicted molar refractivity (Wildman–Crippen MR) is 139 cm³/mol. The highest BCUT2D eigenvalue weighted by Gasteiger charge is 2.20. The second-order valence-electron chi connectivity index (χ2n) is 9.42. The molecule has 0 saturated carbocycles. The highest BCUT2D eigenvalue weighted by Crippen LogP contribution is 2.27. The van der Waals surface area contributed by atoms with Crippen LogP contribution in [0.15, 0.2) is 48.8 Å². The number of carbonyl (C=O) groups is 1. The van der Waals surface area contributed by atoms with Crippen molar-refractivity contribution >= 4 is 23.4 Å². The van der Waals surface area contributed by atoms with Crippen molar-refractivity contribution in [3.05, 3.63) is 59.9 Å². The Morgan fingerprint density at radius 3 is 2.67 bits per heavy atom. The maximum Gasteiger partial charge on any atom is 0.251 e. The Bertz CT molecular complexity index is 1270. The van der Waals surface area contributed by atoms with Gasteiger partial charge in [0.25, 0.3) is 5.91 Å². The Morgan fingerprint density at radius 2 is 1.89 bits per heavy atom. The number of carbonyl (C=O) groups excluding carboxylic acids is 1. The molecule has 2 fully saturated rings. The van der Waals surface area contributed by atoms with Gasteiger partial charge >= 0.3 is 0 Å². The van der Waals surface area contributed by atoms with Crippen LogP contribution in [0, 0.1) is 11.3 Å². The molecule has 0 unspecified atom stereocenters. The van der Waals surface area contributed by atoms with E-state index in [0.29, 0.717) is 22.8 Å². The summed E-state index contributed by atoms with van der Waals surface area (Å²) in [5.74, 6) is 1.07. The van der Waals surface area contributed by atoms with Crippen LogP contribution in [-0.4, -0.2) is 65.0 Å². The van der Waals surface area contributed by atoms with E-state index in [-0.39, 0.29) is 11.9 Å². The van der Waals surface area contributed by atoms with Crippen LogP contribution >= 0.6 is 0 Å². The van der Waals surface area contributed by atoms with Gasteiger partial charge in [-0.3, -0.25) is 4.79 Å². The van der Waals surface area contributed by atoms with Crippen LogP contribution in [0.4, 0.5) is 17.5 Å². The standard InChI is InChI=1S/C27H30N8O/c1-34-13-8-22(9-14-34)31-26(36)19-5-4-6-23(16-19)32-27-29-10-7-24(33-27)21-15-20(17-28)25(30-18-21)35-11-2-3-12-35/h4-7,10,15-16,18,22H,2-3,8-9,11-14H2,1H3,(H,31,36)(H,29,32,33). The van der Waals surface area contributed by atoms with Crippen molar-refractivity contribution in [2.75, 3.05) is 43.4 Å². The van der Waals surface area contributed by atoms with Gasteiger partial charge < -0.3 is 20.4 Å². The SMILES string of the molecule is CN1CCC(NC(=O)c2cccc(Nc3nccc(-c4cnc(N5CCCC5)c(C#N)c4)n3)c2)CC1. The lowest BCUT2D eigenvalue weighted by Gasteiger charge is -2.29. The molecule has 0 bridgehead atoms. The number of nitrogens with one attached hydrogen (secondary N) is 2. The van der Waals surface area contributed by atoms with E-state index in [0.717, 1.165) is 68.9 Å². The van der Waals surface area contributed by atoms with Gasteiger partial charge in [0.1, 0.15) is 11.9 Å². The average molecular weight is 483 g/mol. The summed E-state index contributed by atoms with van der Waals surface area (Å²) in [6.45, 7) is 3.84. The molecule has 0 spiro atoms. The minimum atomic E-state index is -0.0731. The molecule has 2 aliphatic heterocycles. The average Bonchev–Trinajstić information content (AvgIpc) is 3.45. The van der Waals surface area contributed by atoms with E-state index < -0.39 is 0 Å². The third-order valence-electron chi connectivity index (χ3n) is 6.78. The van der Waals surface area contributed by atoms with E-state index in [1.54, 1.807) is 24.5 Å². The van der Waals surface area contributed by atoms with Gasteiger partial charge in [0.05, 0.1) is 11.3 Å². The summed E-state index contributed by atoms with van der Waals surface area (Å²) >= 11 is 0. The first-order chi connectivity index (χ1) is 17.6. The topological polar surface area (TPSA) is 110 Å². The van der Waals surface area contributed by atoms with Crippen LogP contribution in [-0.2, 0) is 0 Å². The summed E-state index contributed by atoms with van der Waals surface area (Å²) in [6, 6.07) is 13.5. The fourth-order valence-electron chi connectivity index (χ4n) is 4.73. The number of anilines is 3. The molecule has 2 aromatic heterocycles. The number of aromatic nitrogens is 3. The molecule has 2 N–H and O–H groups in total. The molecule has 2 saturated heterocycles. The fraction of sp³-hybridized carbons (Fsp3) is 0.370. The molecule has 0 aliphatic carbocycles. The smallest absolute Gasteiger partial charge is 0.251 e. The summed E-state index contributed by atoms with van der Waals surface area (Å²) in [7, 11) is 2.10. The van der Waals surface area contributed by atoms with Gasteiger partial charge in [0, 0.05) is 48.3 Å². The second kappa shape index (κ2) is 10.7. The highest BCUT2D eigenvalue weighted by atomic mass is 16.1. The minimum absolute atomic E-state index is 0.0731. The van der Waals surface area contributed by atoms with Crippen molar-refractivity contribution in [2.45, 2.75) is 31.7 Å². The van der Waals surface area contributed by atoms with Crippen molar-refractivity contribution in [2.24, 2.45) is 0 Å². The maximum absolute atomic E-state index is 12.8. The normalized spacial score (nSPS) is 16.5. The van der Waals surface area contributed by atoms with Gasteiger partial charge in [-0.15, -0.1) is 0 Å². The summed E-state index contributed by atoms with van der Waals surface area (Å²) in [5.41, 5.74) is 3.29. The number of piperidine rings is 1. The number of hydrogen-bond donors (Lipinski definition) is 2. The molecule has 2 aliphatic rings. The van der Waals surface area contributed by atoms with E-state index in [2.05, 4.69) is 48.5 Å². The number of amides is 1. The quantitative estimate of drug-likeness (QED) is 0.549. The third kappa shape index (κ3) is 5.44. The Morgan fingerprint density at radius 1 is 1.08 bits per heavy atom. The molecule has 36 heavy (non-hydrogen) atoms. The Hall–Kier alpha value is -4.03. The summed E-state index contributed by atoms with van der Waals surface area (Å²) in [4.78, 5) is 30.8. The summed E-state index contributed by atoms with van der Waals surface area (Å²) in [6.07, 6.45) is 7.59. The molecular weight excluding hydrogens is 452 g/mol. The molecule has 1 aromatic carbocycles. The molecular formula is C27H30N8O. The zero-order valence-corrected chi connectivity index (χ0v) is 20.4. The summed E-state index contributed by atoms with van der Waals surface area (Å²) in [5, 5.41) is 16.0. The largest absolute Gasteiger partial charge is 0.356 e. The van der Waals surface area contributed by atoms with Crippen molar-refractivity contribution in [3.63, 3.8) is 0 Å². The van der Waals surface area contributed by atoms with Crippen LogP contribution in [0.25, 0.3) is 11.3 Å². The first-order valence-electron chi connectivity index (χ1n) is 12.4. The summed E-state index contributed by atoms with van der Waals surface area (Å²) < 4.78 is 0. The Kier molecular flexibility index (Phi) is 7.05. The molecule has 184 valence electrons. The molecule has 0 atom stereocenters. The lowest BCUT2D eigenvalue weighted by Crippen LogP contribution is -2.43. The minimum Gasteiger partial charge on any atom is -0.356 e. The lowest BCUT2D eigenvalue weighted by molar-refractivity contribution is 0.0917. The second-order valence-corrected chi connectivity index (χ2v) is 9.42. The zero-order valence-electron chi connectivity index (χ0n) is 20.4. The van der Waals surface area contributed by atoms with Crippen LogP contribution in [0.1, 0.15) is 41.6 Å². The number of hydrogen-bond acceptors (Lipinski definition) is 8. The number of nitriles is 1. The predicted octanol–water partition coefficient (Wildman–Crippen LogP) is 3.58. The molecule has 9 nitrogen and oxygen atoms in total. The number of rotatable bonds is 6. The van der Waals surface area contributed by atoms with Crippen molar-refractivity contribution in [1.29, 1.82) is 5.26 Å². The molecule has 9 heteroatoms. The molecule has 0 radical (unpaired) electrons. The Balaban J connectivity index is 1.29. The van der Waals surface area contributed by atoms with Gasteiger partial charge in [-0.25, -0.2) is 15.0 Å².